The maximum absolute atomic E-state index is 4.50. The molecular weight excluding hydrogens is 278 g/mol. The summed E-state index contributed by atoms with van der Waals surface area (Å²) < 4.78 is 1.09. The van der Waals surface area contributed by atoms with Gasteiger partial charge in [0.15, 0.2) is 0 Å². The van der Waals surface area contributed by atoms with E-state index in [-0.39, 0.29) is 0 Å². The number of fused-ring (bicyclic) bond motifs is 1. The van der Waals surface area contributed by atoms with Crippen LogP contribution in [0.25, 0.3) is 10.9 Å². The molecule has 1 aromatic heterocycles. The fraction of sp³-hybridized carbons (Fsp3) is 0.385. The average Bonchev–Trinajstić information content (AvgIpc) is 2.39. The van der Waals surface area contributed by atoms with Gasteiger partial charge in [0.1, 0.15) is 6.33 Å². The number of hydrogen-bond acceptors (Lipinski definition) is 3. The SMILES string of the molecule is Brc1ccc2ncnc(C3CCCNC3)c2c1. The first-order chi connectivity index (χ1) is 8.34. The lowest BCUT2D eigenvalue weighted by molar-refractivity contribution is 0.456. The molecule has 0 saturated carbocycles. The summed E-state index contributed by atoms with van der Waals surface area (Å²) >= 11 is 3.52. The van der Waals surface area contributed by atoms with E-state index in [4.69, 9.17) is 0 Å². The standard InChI is InChI=1S/C13H14BrN3/c14-10-3-4-12-11(6-10)13(17-8-16-12)9-2-1-5-15-7-9/h3-4,6,8-9,15H,1-2,5,7H2. The topological polar surface area (TPSA) is 37.8 Å². The van der Waals surface area contributed by atoms with E-state index < -0.39 is 0 Å². The Morgan fingerprint density at radius 3 is 3.06 bits per heavy atom. The first-order valence-corrected chi connectivity index (χ1v) is 6.75. The molecule has 4 heteroatoms. The number of aromatic nitrogens is 2. The number of benzene rings is 1. The van der Waals surface area contributed by atoms with Gasteiger partial charge in [0, 0.05) is 22.3 Å². The van der Waals surface area contributed by atoms with E-state index >= 15 is 0 Å². The van der Waals surface area contributed by atoms with E-state index in [1.807, 2.05) is 12.1 Å². The number of nitrogens with one attached hydrogen (secondary N) is 1. The zero-order valence-corrected chi connectivity index (χ0v) is 11.1. The van der Waals surface area contributed by atoms with Gasteiger partial charge in [-0.2, -0.15) is 0 Å². The second-order valence-electron chi connectivity index (χ2n) is 4.46. The summed E-state index contributed by atoms with van der Waals surface area (Å²) in [6, 6.07) is 6.19. The van der Waals surface area contributed by atoms with Gasteiger partial charge in [-0.3, -0.25) is 0 Å². The lowest BCUT2D eigenvalue weighted by Gasteiger charge is -2.23. The predicted octanol–water partition coefficient (Wildman–Crippen LogP) is 2.86. The Morgan fingerprint density at radius 1 is 1.29 bits per heavy atom. The van der Waals surface area contributed by atoms with Gasteiger partial charge in [-0.25, -0.2) is 9.97 Å². The molecule has 3 rings (SSSR count). The number of piperidine rings is 1. The third-order valence-corrected chi connectivity index (χ3v) is 3.81. The van der Waals surface area contributed by atoms with Crippen molar-refractivity contribution in [3.8, 4) is 0 Å². The van der Waals surface area contributed by atoms with E-state index in [0.29, 0.717) is 5.92 Å². The monoisotopic (exact) mass is 291 g/mol. The molecule has 17 heavy (non-hydrogen) atoms. The lowest BCUT2D eigenvalue weighted by atomic mass is 9.93. The third kappa shape index (κ3) is 2.19. The molecule has 0 aliphatic carbocycles. The summed E-state index contributed by atoms with van der Waals surface area (Å²) in [6.45, 7) is 2.15. The molecule has 0 bridgehead atoms. The number of halogens is 1. The van der Waals surface area contributed by atoms with Crippen LogP contribution in [0.5, 0.6) is 0 Å². The fourth-order valence-electron chi connectivity index (χ4n) is 2.46. The largest absolute Gasteiger partial charge is 0.316 e. The molecule has 0 radical (unpaired) electrons. The van der Waals surface area contributed by atoms with Crippen LogP contribution in [0.15, 0.2) is 29.0 Å². The summed E-state index contributed by atoms with van der Waals surface area (Å²) in [5.41, 5.74) is 2.22. The normalized spacial score (nSPS) is 20.6. The molecule has 2 aromatic rings. The van der Waals surface area contributed by atoms with Crippen LogP contribution in [0.1, 0.15) is 24.5 Å². The molecule has 2 heterocycles. The first-order valence-electron chi connectivity index (χ1n) is 5.95. The van der Waals surface area contributed by atoms with Gasteiger partial charge < -0.3 is 5.32 Å². The molecule has 1 aliphatic rings. The van der Waals surface area contributed by atoms with Crippen LogP contribution in [0.2, 0.25) is 0 Å². The van der Waals surface area contributed by atoms with Gasteiger partial charge in [-0.15, -0.1) is 0 Å². The molecule has 1 saturated heterocycles. The molecule has 1 N–H and O–H groups in total. The summed E-state index contributed by atoms with van der Waals surface area (Å²) in [5.74, 6) is 0.517. The Hall–Kier alpha value is -1.00. The highest BCUT2D eigenvalue weighted by atomic mass is 79.9. The number of nitrogens with zero attached hydrogens (tertiary/aromatic N) is 2. The van der Waals surface area contributed by atoms with Crippen LogP contribution >= 0.6 is 15.9 Å². The van der Waals surface area contributed by atoms with Crippen LogP contribution in [0.4, 0.5) is 0 Å². The highest BCUT2D eigenvalue weighted by Gasteiger charge is 2.18. The molecule has 1 atom stereocenters. The van der Waals surface area contributed by atoms with Crippen molar-refractivity contribution in [1.29, 1.82) is 0 Å². The van der Waals surface area contributed by atoms with E-state index in [2.05, 4.69) is 37.3 Å². The van der Waals surface area contributed by atoms with Crippen LogP contribution in [0.3, 0.4) is 0 Å². The van der Waals surface area contributed by atoms with Gasteiger partial charge >= 0.3 is 0 Å². The molecule has 1 unspecified atom stereocenters. The first kappa shape index (κ1) is 11.1. The average molecular weight is 292 g/mol. The van der Waals surface area contributed by atoms with Crippen LogP contribution in [0, 0.1) is 0 Å². The summed E-state index contributed by atoms with van der Waals surface area (Å²) in [6.07, 6.45) is 4.12. The summed E-state index contributed by atoms with van der Waals surface area (Å²) in [5, 5.41) is 4.62. The van der Waals surface area contributed by atoms with Gasteiger partial charge in [0.25, 0.3) is 0 Å². The molecule has 1 aromatic carbocycles. The number of rotatable bonds is 1. The fourth-order valence-corrected chi connectivity index (χ4v) is 2.82. The number of hydrogen-bond donors (Lipinski definition) is 1. The molecular formula is C13H14BrN3. The van der Waals surface area contributed by atoms with Crippen molar-refractivity contribution in [2.45, 2.75) is 18.8 Å². The second kappa shape index (κ2) is 4.70. The quantitative estimate of drug-likeness (QED) is 0.878. The molecule has 3 nitrogen and oxygen atoms in total. The van der Waals surface area contributed by atoms with Gasteiger partial charge in [0.05, 0.1) is 11.2 Å². The van der Waals surface area contributed by atoms with Crippen molar-refractivity contribution in [3.05, 3.63) is 34.7 Å². The van der Waals surface area contributed by atoms with Crippen molar-refractivity contribution >= 4 is 26.8 Å². The maximum atomic E-state index is 4.50. The molecule has 1 aliphatic heterocycles. The minimum absolute atomic E-state index is 0.517. The molecule has 0 spiro atoms. The Labute approximate surface area is 109 Å². The van der Waals surface area contributed by atoms with Crippen molar-refractivity contribution < 1.29 is 0 Å². The van der Waals surface area contributed by atoms with Crippen LogP contribution in [-0.2, 0) is 0 Å². The van der Waals surface area contributed by atoms with E-state index in [1.54, 1.807) is 6.33 Å². The van der Waals surface area contributed by atoms with E-state index in [1.165, 1.54) is 23.9 Å². The summed E-state index contributed by atoms with van der Waals surface area (Å²) in [4.78, 5) is 8.83. The predicted molar refractivity (Wildman–Crippen MR) is 72.1 cm³/mol. The Balaban J connectivity index is 2.11. The second-order valence-corrected chi connectivity index (χ2v) is 5.38. The minimum atomic E-state index is 0.517. The van der Waals surface area contributed by atoms with Gasteiger partial charge in [0.2, 0.25) is 0 Å². The molecule has 88 valence electrons. The lowest BCUT2D eigenvalue weighted by Crippen LogP contribution is -2.29. The molecule has 0 amide bonds. The van der Waals surface area contributed by atoms with Gasteiger partial charge in [-0.1, -0.05) is 15.9 Å². The molecule has 1 fully saturated rings. The minimum Gasteiger partial charge on any atom is -0.316 e. The highest BCUT2D eigenvalue weighted by molar-refractivity contribution is 9.10. The highest BCUT2D eigenvalue weighted by Crippen LogP contribution is 2.28. The van der Waals surface area contributed by atoms with Crippen molar-refractivity contribution in [2.75, 3.05) is 13.1 Å². The maximum Gasteiger partial charge on any atom is 0.116 e. The van der Waals surface area contributed by atoms with Crippen LogP contribution < -0.4 is 5.32 Å². The third-order valence-electron chi connectivity index (χ3n) is 3.31. The van der Waals surface area contributed by atoms with Crippen molar-refractivity contribution in [3.63, 3.8) is 0 Å². The van der Waals surface area contributed by atoms with Crippen molar-refractivity contribution in [1.82, 2.24) is 15.3 Å². The van der Waals surface area contributed by atoms with Crippen molar-refractivity contribution in [2.24, 2.45) is 0 Å². The van der Waals surface area contributed by atoms with Gasteiger partial charge in [-0.05, 0) is 37.6 Å². The zero-order valence-electron chi connectivity index (χ0n) is 9.49. The zero-order chi connectivity index (χ0) is 11.7. The Bertz CT molecular complexity index is 535. The van der Waals surface area contributed by atoms with E-state index in [9.17, 15) is 0 Å². The van der Waals surface area contributed by atoms with E-state index in [0.717, 1.165) is 23.1 Å². The smallest absolute Gasteiger partial charge is 0.116 e. The van der Waals surface area contributed by atoms with Crippen LogP contribution in [-0.4, -0.2) is 23.1 Å². The Morgan fingerprint density at radius 2 is 2.24 bits per heavy atom. The Kier molecular flexibility index (Phi) is 3.07. The summed E-state index contributed by atoms with van der Waals surface area (Å²) in [7, 11) is 0.